The van der Waals surface area contributed by atoms with Crippen molar-refractivity contribution < 1.29 is 14.1 Å². The number of carbonyl (C=O) groups excluding carboxylic acids is 1. The molecule has 0 radical (unpaired) electrons. The Hall–Kier alpha value is -2.87. The Kier molecular flexibility index (Phi) is 5.85. The number of H-pyrrole nitrogens is 1. The second-order valence-corrected chi connectivity index (χ2v) is 6.40. The summed E-state index contributed by atoms with van der Waals surface area (Å²) in [6.07, 6.45) is 0.924. The van der Waals surface area contributed by atoms with Crippen molar-refractivity contribution in [1.82, 2.24) is 10.1 Å². The van der Waals surface area contributed by atoms with Gasteiger partial charge in [-0.05, 0) is 36.8 Å². The topological polar surface area (TPSA) is 97.2 Å². The maximum Gasteiger partial charge on any atom is 0.439 e. The summed E-state index contributed by atoms with van der Waals surface area (Å²) >= 11 is 3.38. The molecule has 0 fully saturated rings. The average molecular weight is 418 g/mol. The number of aromatic nitrogens is 2. The highest BCUT2D eigenvalue weighted by Crippen LogP contribution is 2.19. The van der Waals surface area contributed by atoms with Gasteiger partial charge >= 0.3 is 5.76 Å². The van der Waals surface area contributed by atoms with Crippen LogP contribution >= 0.6 is 15.9 Å². The van der Waals surface area contributed by atoms with Gasteiger partial charge in [0, 0.05) is 22.1 Å². The Labute approximate surface area is 157 Å². The van der Waals surface area contributed by atoms with E-state index in [1.807, 2.05) is 24.3 Å². The molecule has 3 aromatic rings. The van der Waals surface area contributed by atoms with Crippen molar-refractivity contribution in [2.24, 2.45) is 0 Å². The number of aromatic amines is 1. The number of rotatable bonds is 7. The van der Waals surface area contributed by atoms with E-state index in [-0.39, 0.29) is 5.91 Å². The number of nitrogens with zero attached hydrogens (tertiary/aromatic N) is 1. The molecule has 3 rings (SSSR count). The minimum absolute atomic E-state index is 0.117. The largest absolute Gasteiger partial charge is 0.494 e. The Morgan fingerprint density at radius 2 is 2.08 bits per heavy atom. The Morgan fingerprint density at radius 1 is 1.23 bits per heavy atom. The molecule has 0 unspecified atom stereocenters. The minimum Gasteiger partial charge on any atom is -0.494 e. The molecule has 0 saturated carbocycles. The molecule has 0 aliphatic heterocycles. The fraction of sp³-hybridized carbons (Fsp3) is 0.167. The van der Waals surface area contributed by atoms with E-state index in [9.17, 15) is 9.59 Å². The predicted molar refractivity (Wildman–Crippen MR) is 100 cm³/mol. The molecule has 26 heavy (non-hydrogen) atoms. The number of anilines is 1. The van der Waals surface area contributed by atoms with Gasteiger partial charge in [-0.3, -0.25) is 14.3 Å². The van der Waals surface area contributed by atoms with Gasteiger partial charge in [-0.25, -0.2) is 4.79 Å². The number of benzene rings is 2. The summed E-state index contributed by atoms with van der Waals surface area (Å²) in [4.78, 5) is 25.6. The number of amides is 1. The van der Waals surface area contributed by atoms with E-state index in [4.69, 9.17) is 4.74 Å². The third kappa shape index (κ3) is 5.06. The van der Waals surface area contributed by atoms with Gasteiger partial charge in [0.1, 0.15) is 5.75 Å². The first-order chi connectivity index (χ1) is 12.6. The van der Waals surface area contributed by atoms with Crippen LogP contribution < -0.4 is 15.8 Å². The fourth-order valence-corrected chi connectivity index (χ4v) is 2.68. The second-order valence-electron chi connectivity index (χ2n) is 5.48. The van der Waals surface area contributed by atoms with Crippen molar-refractivity contribution in [3.63, 3.8) is 0 Å². The lowest BCUT2D eigenvalue weighted by Gasteiger charge is -2.08. The Balaban J connectivity index is 1.48. The van der Waals surface area contributed by atoms with Crippen LogP contribution in [0.4, 0.5) is 5.69 Å². The first-order valence-corrected chi connectivity index (χ1v) is 8.74. The van der Waals surface area contributed by atoms with E-state index in [2.05, 4.69) is 35.9 Å². The summed E-state index contributed by atoms with van der Waals surface area (Å²) in [6, 6.07) is 14.5. The Morgan fingerprint density at radius 3 is 2.85 bits per heavy atom. The van der Waals surface area contributed by atoms with E-state index in [1.54, 1.807) is 24.3 Å². The van der Waals surface area contributed by atoms with Crippen molar-refractivity contribution in [2.45, 2.75) is 12.8 Å². The molecule has 2 aromatic carbocycles. The van der Waals surface area contributed by atoms with Crippen molar-refractivity contribution in [1.29, 1.82) is 0 Å². The van der Waals surface area contributed by atoms with Crippen LogP contribution in [0.1, 0.15) is 12.8 Å². The van der Waals surface area contributed by atoms with E-state index in [1.165, 1.54) is 0 Å². The quantitative estimate of drug-likeness (QED) is 0.572. The molecule has 0 atom stereocenters. The third-order valence-corrected chi connectivity index (χ3v) is 3.97. The fourth-order valence-electron chi connectivity index (χ4n) is 2.30. The van der Waals surface area contributed by atoms with Crippen LogP contribution in [-0.4, -0.2) is 22.7 Å². The molecule has 134 valence electrons. The van der Waals surface area contributed by atoms with E-state index in [0.717, 1.165) is 10.2 Å². The van der Waals surface area contributed by atoms with Crippen LogP contribution in [0.3, 0.4) is 0 Å². The zero-order valence-corrected chi connectivity index (χ0v) is 15.3. The minimum atomic E-state index is -0.625. The normalized spacial score (nSPS) is 10.5. The summed E-state index contributed by atoms with van der Waals surface area (Å²) in [5, 5.41) is 6.44. The number of carbonyl (C=O) groups is 1. The van der Waals surface area contributed by atoms with Gasteiger partial charge in [-0.2, -0.15) is 0 Å². The van der Waals surface area contributed by atoms with Crippen molar-refractivity contribution in [3.05, 3.63) is 63.6 Å². The van der Waals surface area contributed by atoms with Gasteiger partial charge in [0.2, 0.25) is 5.91 Å². The first kappa shape index (κ1) is 17.9. The van der Waals surface area contributed by atoms with Crippen LogP contribution in [0, 0.1) is 0 Å². The zero-order chi connectivity index (χ0) is 18.4. The van der Waals surface area contributed by atoms with Gasteiger partial charge in [0.15, 0.2) is 5.82 Å². The molecule has 1 aromatic heterocycles. The molecule has 2 N–H and O–H groups in total. The van der Waals surface area contributed by atoms with Crippen LogP contribution in [0.2, 0.25) is 0 Å². The Bertz CT molecular complexity index is 951. The molecular weight excluding hydrogens is 402 g/mol. The highest BCUT2D eigenvalue weighted by atomic mass is 79.9. The summed E-state index contributed by atoms with van der Waals surface area (Å²) in [7, 11) is 0. The molecule has 0 aliphatic carbocycles. The van der Waals surface area contributed by atoms with Crippen molar-refractivity contribution >= 4 is 27.5 Å². The van der Waals surface area contributed by atoms with Gasteiger partial charge in [-0.1, -0.05) is 39.3 Å². The predicted octanol–water partition coefficient (Wildman–Crippen LogP) is 3.59. The van der Waals surface area contributed by atoms with Crippen LogP contribution in [-0.2, 0) is 4.79 Å². The van der Waals surface area contributed by atoms with E-state index >= 15 is 0 Å². The van der Waals surface area contributed by atoms with Gasteiger partial charge < -0.3 is 10.1 Å². The number of hydrogen-bond donors (Lipinski definition) is 2. The zero-order valence-electron chi connectivity index (χ0n) is 13.7. The molecule has 0 aliphatic rings. The highest BCUT2D eigenvalue weighted by molar-refractivity contribution is 9.10. The first-order valence-electron chi connectivity index (χ1n) is 7.95. The molecule has 0 saturated heterocycles. The summed E-state index contributed by atoms with van der Waals surface area (Å²) in [5.74, 6) is 0.330. The van der Waals surface area contributed by atoms with Gasteiger partial charge in [-0.15, -0.1) is 0 Å². The molecule has 0 spiro atoms. The lowest BCUT2D eigenvalue weighted by molar-refractivity contribution is -0.116. The summed E-state index contributed by atoms with van der Waals surface area (Å²) in [5.41, 5.74) is 1.26. The smallest absolute Gasteiger partial charge is 0.439 e. The van der Waals surface area contributed by atoms with E-state index in [0.29, 0.717) is 36.5 Å². The molecule has 8 heteroatoms. The molecule has 1 heterocycles. The van der Waals surface area contributed by atoms with Crippen LogP contribution in [0.15, 0.2) is 62.3 Å². The standard InChI is InChI=1S/C18H16BrN3O4/c19-13-5-2-7-15(11-13)25-9-3-8-16(23)20-14-6-1-4-12(10-14)17-21-18(24)26-22-17/h1-2,4-7,10-11H,3,8-9H2,(H,20,23)(H,21,22,24). The lowest BCUT2D eigenvalue weighted by Crippen LogP contribution is -2.12. The number of ether oxygens (including phenoxy) is 1. The third-order valence-electron chi connectivity index (χ3n) is 3.47. The summed E-state index contributed by atoms with van der Waals surface area (Å²) < 4.78 is 11.0. The summed E-state index contributed by atoms with van der Waals surface area (Å²) in [6.45, 7) is 0.449. The average Bonchev–Trinajstić information content (AvgIpc) is 3.06. The number of halogens is 1. The molecule has 1 amide bonds. The highest BCUT2D eigenvalue weighted by Gasteiger charge is 2.07. The van der Waals surface area contributed by atoms with Crippen LogP contribution in [0.5, 0.6) is 5.75 Å². The monoisotopic (exact) mass is 417 g/mol. The number of hydrogen-bond acceptors (Lipinski definition) is 5. The SMILES string of the molecule is O=C(CCCOc1cccc(Br)c1)Nc1cccc(-c2noc(=O)[nH]2)c1. The van der Waals surface area contributed by atoms with Crippen molar-refractivity contribution in [3.8, 4) is 17.1 Å². The number of nitrogens with one attached hydrogen (secondary N) is 2. The maximum absolute atomic E-state index is 12.1. The van der Waals surface area contributed by atoms with Gasteiger partial charge in [0.25, 0.3) is 0 Å². The molecule has 0 bridgehead atoms. The second kappa shape index (κ2) is 8.48. The molecular formula is C18H16BrN3O4. The van der Waals surface area contributed by atoms with Gasteiger partial charge in [0.05, 0.1) is 6.61 Å². The molecule has 7 nitrogen and oxygen atoms in total. The van der Waals surface area contributed by atoms with E-state index < -0.39 is 5.76 Å². The van der Waals surface area contributed by atoms with Crippen molar-refractivity contribution in [2.75, 3.05) is 11.9 Å². The maximum atomic E-state index is 12.1. The lowest BCUT2D eigenvalue weighted by atomic mass is 10.2. The van der Waals surface area contributed by atoms with Crippen LogP contribution in [0.25, 0.3) is 11.4 Å².